The number of imidazole rings is 1. The summed E-state index contributed by atoms with van der Waals surface area (Å²) in [6, 6.07) is 0. The third-order valence-electron chi connectivity index (χ3n) is 2.52. The normalized spacial score (nSPS) is 10.4. The molecular formula is C11H12BrN5O2. The van der Waals surface area contributed by atoms with Crippen LogP contribution in [0.15, 0.2) is 29.3 Å². The SMILES string of the molecule is O=[N+]([O-])c1cncc(Br)c1NCCCc1ncc[nH]1. The van der Waals surface area contributed by atoms with E-state index in [1.165, 1.54) is 12.4 Å². The van der Waals surface area contributed by atoms with Crippen LogP contribution in [0.4, 0.5) is 11.4 Å². The maximum atomic E-state index is 10.9. The Morgan fingerprint density at radius 2 is 2.32 bits per heavy atom. The smallest absolute Gasteiger partial charge is 0.311 e. The second kappa shape index (κ2) is 6.28. The number of aromatic amines is 1. The summed E-state index contributed by atoms with van der Waals surface area (Å²) in [6.07, 6.45) is 7.84. The molecule has 0 fully saturated rings. The molecule has 19 heavy (non-hydrogen) atoms. The molecule has 2 N–H and O–H groups in total. The first-order chi connectivity index (χ1) is 9.18. The number of anilines is 1. The van der Waals surface area contributed by atoms with E-state index in [-0.39, 0.29) is 5.69 Å². The molecule has 2 rings (SSSR count). The van der Waals surface area contributed by atoms with Gasteiger partial charge in [0.25, 0.3) is 0 Å². The van der Waals surface area contributed by atoms with Crippen LogP contribution in [-0.4, -0.2) is 26.4 Å². The Morgan fingerprint density at radius 1 is 1.47 bits per heavy atom. The van der Waals surface area contributed by atoms with E-state index in [2.05, 4.69) is 36.2 Å². The fraction of sp³-hybridized carbons (Fsp3) is 0.273. The van der Waals surface area contributed by atoms with Crippen LogP contribution in [-0.2, 0) is 6.42 Å². The number of aromatic nitrogens is 3. The molecule has 0 radical (unpaired) electrons. The minimum Gasteiger partial charge on any atom is -0.378 e. The topological polar surface area (TPSA) is 96.7 Å². The van der Waals surface area contributed by atoms with Gasteiger partial charge in [-0.2, -0.15) is 0 Å². The maximum Gasteiger partial charge on any atom is 0.311 e. The monoisotopic (exact) mass is 325 g/mol. The van der Waals surface area contributed by atoms with Crippen molar-refractivity contribution in [1.29, 1.82) is 0 Å². The number of nitrogens with zero attached hydrogens (tertiary/aromatic N) is 3. The third-order valence-corrected chi connectivity index (χ3v) is 3.12. The molecule has 0 unspecified atom stereocenters. The molecule has 0 aromatic carbocycles. The second-order valence-electron chi connectivity index (χ2n) is 3.84. The van der Waals surface area contributed by atoms with Crippen molar-refractivity contribution in [1.82, 2.24) is 15.0 Å². The van der Waals surface area contributed by atoms with Crippen molar-refractivity contribution < 1.29 is 4.92 Å². The lowest BCUT2D eigenvalue weighted by Crippen LogP contribution is -2.07. The summed E-state index contributed by atoms with van der Waals surface area (Å²) in [5.41, 5.74) is 0.423. The van der Waals surface area contributed by atoms with Crippen LogP contribution in [0.25, 0.3) is 0 Å². The van der Waals surface area contributed by atoms with Crippen LogP contribution in [0.3, 0.4) is 0 Å². The molecule has 0 saturated carbocycles. The minimum absolute atomic E-state index is 0.0348. The molecule has 0 spiro atoms. The van der Waals surface area contributed by atoms with Crippen molar-refractivity contribution in [3.63, 3.8) is 0 Å². The molecule has 8 heteroatoms. The number of aryl methyl sites for hydroxylation is 1. The number of H-pyrrole nitrogens is 1. The molecule has 2 aromatic rings. The van der Waals surface area contributed by atoms with E-state index in [1.807, 2.05) is 0 Å². The van der Waals surface area contributed by atoms with Crippen LogP contribution < -0.4 is 5.32 Å². The van der Waals surface area contributed by atoms with E-state index in [4.69, 9.17) is 0 Å². The standard InChI is InChI=1S/C11H12BrN5O2/c12-8-6-13-7-9(17(18)19)11(8)16-3-1-2-10-14-4-5-15-10/h4-7H,1-3H2,(H,13,16)(H,14,15). The van der Waals surface area contributed by atoms with Gasteiger partial charge in [0.1, 0.15) is 17.7 Å². The van der Waals surface area contributed by atoms with E-state index in [0.29, 0.717) is 16.7 Å². The van der Waals surface area contributed by atoms with Crippen molar-refractivity contribution >= 4 is 27.3 Å². The molecule has 0 aliphatic heterocycles. The van der Waals surface area contributed by atoms with Gasteiger partial charge in [-0.05, 0) is 22.4 Å². The van der Waals surface area contributed by atoms with Gasteiger partial charge in [0, 0.05) is 31.6 Å². The Kier molecular flexibility index (Phi) is 4.45. The van der Waals surface area contributed by atoms with E-state index >= 15 is 0 Å². The highest BCUT2D eigenvalue weighted by molar-refractivity contribution is 9.10. The van der Waals surface area contributed by atoms with Gasteiger partial charge in [0.2, 0.25) is 0 Å². The summed E-state index contributed by atoms with van der Waals surface area (Å²) in [5.74, 6) is 0.907. The van der Waals surface area contributed by atoms with Gasteiger partial charge < -0.3 is 10.3 Å². The lowest BCUT2D eigenvalue weighted by Gasteiger charge is -2.07. The molecule has 2 aromatic heterocycles. The van der Waals surface area contributed by atoms with E-state index in [1.54, 1.807) is 12.4 Å². The zero-order valence-electron chi connectivity index (χ0n) is 9.97. The molecule has 2 heterocycles. The van der Waals surface area contributed by atoms with E-state index in [0.717, 1.165) is 18.7 Å². The summed E-state index contributed by atoms with van der Waals surface area (Å²) in [7, 11) is 0. The Bertz CT molecular complexity index is 558. The Balaban J connectivity index is 1.93. The van der Waals surface area contributed by atoms with Crippen molar-refractivity contribution in [3.8, 4) is 0 Å². The Morgan fingerprint density at radius 3 is 3.00 bits per heavy atom. The highest BCUT2D eigenvalue weighted by Gasteiger charge is 2.16. The largest absolute Gasteiger partial charge is 0.378 e. The van der Waals surface area contributed by atoms with E-state index in [9.17, 15) is 10.1 Å². The predicted molar refractivity (Wildman–Crippen MR) is 74.0 cm³/mol. The fourth-order valence-corrected chi connectivity index (χ4v) is 2.10. The zero-order valence-corrected chi connectivity index (χ0v) is 11.6. The van der Waals surface area contributed by atoms with Crippen LogP contribution in [0.1, 0.15) is 12.2 Å². The van der Waals surface area contributed by atoms with Crippen LogP contribution in [0.5, 0.6) is 0 Å². The number of pyridine rings is 1. The first kappa shape index (κ1) is 13.5. The van der Waals surface area contributed by atoms with Crippen LogP contribution >= 0.6 is 15.9 Å². The number of halogens is 1. The van der Waals surface area contributed by atoms with Crippen molar-refractivity contribution in [2.45, 2.75) is 12.8 Å². The molecule has 7 nitrogen and oxygen atoms in total. The minimum atomic E-state index is -0.452. The van der Waals surface area contributed by atoms with Crippen molar-refractivity contribution in [2.24, 2.45) is 0 Å². The summed E-state index contributed by atoms with van der Waals surface area (Å²) >= 11 is 3.26. The number of nitro groups is 1. The van der Waals surface area contributed by atoms with Gasteiger partial charge in [-0.1, -0.05) is 0 Å². The molecule has 0 aliphatic rings. The number of hydrogen-bond acceptors (Lipinski definition) is 5. The van der Waals surface area contributed by atoms with Gasteiger partial charge in [0.15, 0.2) is 0 Å². The summed E-state index contributed by atoms with van der Waals surface area (Å²) in [4.78, 5) is 21.3. The van der Waals surface area contributed by atoms with Crippen molar-refractivity contribution in [2.75, 3.05) is 11.9 Å². The van der Waals surface area contributed by atoms with Gasteiger partial charge in [0.05, 0.1) is 9.40 Å². The quantitative estimate of drug-likeness (QED) is 0.483. The first-order valence-electron chi connectivity index (χ1n) is 5.68. The molecule has 0 saturated heterocycles. The molecule has 0 bridgehead atoms. The molecule has 100 valence electrons. The fourth-order valence-electron chi connectivity index (χ4n) is 1.64. The van der Waals surface area contributed by atoms with E-state index < -0.39 is 4.92 Å². The van der Waals surface area contributed by atoms with Crippen LogP contribution in [0, 0.1) is 10.1 Å². The molecule has 0 amide bonds. The van der Waals surface area contributed by atoms with Crippen LogP contribution in [0.2, 0.25) is 0 Å². The zero-order chi connectivity index (χ0) is 13.7. The van der Waals surface area contributed by atoms with Crippen molar-refractivity contribution in [3.05, 3.63) is 45.2 Å². The van der Waals surface area contributed by atoms with Gasteiger partial charge >= 0.3 is 5.69 Å². The number of hydrogen-bond donors (Lipinski definition) is 2. The average molecular weight is 326 g/mol. The van der Waals surface area contributed by atoms with Gasteiger partial charge in [-0.3, -0.25) is 15.1 Å². The van der Waals surface area contributed by atoms with Gasteiger partial charge in [-0.25, -0.2) is 4.98 Å². The average Bonchev–Trinajstić information content (AvgIpc) is 2.88. The maximum absolute atomic E-state index is 10.9. The highest BCUT2D eigenvalue weighted by Crippen LogP contribution is 2.30. The molecule has 0 atom stereocenters. The lowest BCUT2D eigenvalue weighted by molar-refractivity contribution is -0.384. The predicted octanol–water partition coefficient (Wildman–Crippen LogP) is 2.52. The Hall–Kier alpha value is -1.96. The summed E-state index contributed by atoms with van der Waals surface area (Å²) in [6.45, 7) is 0.615. The first-order valence-corrected chi connectivity index (χ1v) is 6.48. The number of rotatable bonds is 6. The lowest BCUT2D eigenvalue weighted by atomic mass is 10.3. The highest BCUT2D eigenvalue weighted by atomic mass is 79.9. The van der Waals surface area contributed by atoms with Gasteiger partial charge in [-0.15, -0.1) is 0 Å². The molecular weight excluding hydrogens is 314 g/mol. The summed E-state index contributed by atoms with van der Waals surface area (Å²) < 4.78 is 0.583. The summed E-state index contributed by atoms with van der Waals surface area (Å²) in [5, 5.41) is 13.9. The number of nitrogens with one attached hydrogen (secondary N) is 2. The molecule has 0 aliphatic carbocycles. The second-order valence-corrected chi connectivity index (χ2v) is 4.69. The third kappa shape index (κ3) is 3.50. The Labute approximate surface area is 117 Å².